The third-order valence-electron chi connectivity index (χ3n) is 4.08. The summed E-state index contributed by atoms with van der Waals surface area (Å²) in [5.41, 5.74) is 9.31. The summed E-state index contributed by atoms with van der Waals surface area (Å²) in [6.45, 7) is 0.189. The quantitative estimate of drug-likeness (QED) is 0.0555. The van der Waals surface area contributed by atoms with E-state index in [2.05, 4.69) is 15.4 Å². The molecule has 0 bridgehead atoms. The van der Waals surface area contributed by atoms with Crippen LogP contribution >= 0.6 is 0 Å². The van der Waals surface area contributed by atoms with Gasteiger partial charge in [-0.2, -0.15) is 5.10 Å². The molecule has 148 valence electrons. The summed E-state index contributed by atoms with van der Waals surface area (Å²) in [4.78, 5) is 40.0. The van der Waals surface area contributed by atoms with Gasteiger partial charge >= 0.3 is 5.97 Å². The van der Waals surface area contributed by atoms with Crippen molar-refractivity contribution in [1.82, 2.24) is 10.3 Å². The first-order valence-electron chi connectivity index (χ1n) is 8.54. The van der Waals surface area contributed by atoms with E-state index < -0.39 is 23.8 Å². The molecule has 0 spiro atoms. The number of carboxylic acids is 1. The van der Waals surface area contributed by atoms with E-state index in [0.717, 1.165) is 12.8 Å². The Hall–Kier alpha value is -2.85. The number of ketones is 2. The standard InChI is InChI=1S/C17H26N6O4/c18-10-14(25)17(19,16(26)27)9-12-5-4-8-22-15(12)13(24)6-2-1-3-7-21-11-23-20/h4-5,8,11H,1-3,6-7,9-10,18-20H2,(H,21,23)(H,26,27). The lowest BCUT2D eigenvalue weighted by atomic mass is 9.86. The van der Waals surface area contributed by atoms with E-state index in [1.165, 1.54) is 12.5 Å². The maximum absolute atomic E-state index is 12.5. The Bertz CT molecular complexity index is 694. The fourth-order valence-corrected chi connectivity index (χ4v) is 2.53. The Balaban J connectivity index is 2.76. The second-order valence-electron chi connectivity index (χ2n) is 6.06. The number of carbonyl (C=O) groups is 3. The first-order valence-corrected chi connectivity index (χ1v) is 8.54. The van der Waals surface area contributed by atoms with Gasteiger partial charge in [0.25, 0.3) is 0 Å². The number of nitrogens with two attached hydrogens (primary N) is 3. The van der Waals surface area contributed by atoms with Crippen LogP contribution in [0.1, 0.15) is 41.7 Å². The zero-order chi connectivity index (χ0) is 20.3. The van der Waals surface area contributed by atoms with Crippen LogP contribution in [0.4, 0.5) is 0 Å². The third kappa shape index (κ3) is 6.42. The van der Waals surface area contributed by atoms with Crippen LogP contribution in [0.25, 0.3) is 0 Å². The molecule has 0 amide bonds. The normalized spacial score (nSPS) is 13.3. The predicted molar refractivity (Wildman–Crippen MR) is 100 cm³/mol. The Kier molecular flexibility index (Phi) is 9.03. The topological polar surface area (TPSA) is 187 Å². The number of carbonyl (C=O) groups excluding carboxylic acids is 2. The van der Waals surface area contributed by atoms with E-state index in [1.54, 1.807) is 12.1 Å². The highest BCUT2D eigenvalue weighted by Crippen LogP contribution is 2.18. The summed E-state index contributed by atoms with van der Waals surface area (Å²) < 4.78 is 0. The van der Waals surface area contributed by atoms with Crippen LogP contribution in [0.2, 0.25) is 0 Å². The van der Waals surface area contributed by atoms with Gasteiger partial charge in [0, 0.05) is 25.6 Å². The summed E-state index contributed by atoms with van der Waals surface area (Å²) >= 11 is 0. The average molecular weight is 378 g/mol. The van der Waals surface area contributed by atoms with Gasteiger partial charge in [-0.3, -0.25) is 14.6 Å². The molecular formula is C17H26N6O4. The fraction of sp³-hybridized carbons (Fsp3) is 0.471. The highest BCUT2D eigenvalue weighted by Gasteiger charge is 2.42. The number of aromatic nitrogens is 1. The van der Waals surface area contributed by atoms with Crippen molar-refractivity contribution in [1.29, 1.82) is 0 Å². The third-order valence-corrected chi connectivity index (χ3v) is 4.08. The number of carboxylic acid groups (broad SMARTS) is 1. The summed E-state index contributed by atoms with van der Waals surface area (Å²) in [7, 11) is 0. The van der Waals surface area contributed by atoms with Crippen LogP contribution < -0.4 is 22.6 Å². The second-order valence-corrected chi connectivity index (χ2v) is 6.06. The van der Waals surface area contributed by atoms with Crippen LogP contribution in [0.15, 0.2) is 23.4 Å². The summed E-state index contributed by atoms with van der Waals surface area (Å²) in [5.74, 6) is 2.43. The van der Waals surface area contributed by atoms with E-state index >= 15 is 0 Å². The number of nitrogens with zero attached hydrogens (tertiary/aromatic N) is 2. The molecule has 10 heteroatoms. The van der Waals surface area contributed by atoms with Crippen molar-refractivity contribution in [2.75, 3.05) is 13.1 Å². The molecule has 1 unspecified atom stereocenters. The SMILES string of the molecule is NCC(=O)C(N)(Cc1cccnc1C(=O)CCCCCNC=NN)C(=O)O. The lowest BCUT2D eigenvalue weighted by Gasteiger charge is -2.23. The molecule has 1 atom stereocenters. The van der Waals surface area contributed by atoms with Crippen LogP contribution in [0.3, 0.4) is 0 Å². The van der Waals surface area contributed by atoms with Crippen LogP contribution in [-0.4, -0.2) is 52.6 Å². The van der Waals surface area contributed by atoms with E-state index in [0.29, 0.717) is 18.5 Å². The molecule has 1 heterocycles. The molecule has 1 rings (SSSR count). The molecule has 1 aromatic heterocycles. The second kappa shape index (κ2) is 11.0. The highest BCUT2D eigenvalue weighted by atomic mass is 16.4. The van der Waals surface area contributed by atoms with Gasteiger partial charge < -0.3 is 27.7 Å². The van der Waals surface area contributed by atoms with Gasteiger partial charge in [-0.15, -0.1) is 0 Å². The lowest BCUT2D eigenvalue weighted by molar-refractivity contribution is -0.147. The molecule has 10 nitrogen and oxygen atoms in total. The minimum absolute atomic E-state index is 0.131. The minimum atomic E-state index is -2.19. The Morgan fingerprint density at radius 2 is 2.04 bits per heavy atom. The maximum Gasteiger partial charge on any atom is 0.331 e. The van der Waals surface area contributed by atoms with Crippen LogP contribution in [0, 0.1) is 0 Å². The smallest absolute Gasteiger partial charge is 0.331 e. The van der Waals surface area contributed by atoms with Gasteiger partial charge in [0.2, 0.25) is 0 Å². The van der Waals surface area contributed by atoms with E-state index in [9.17, 15) is 19.5 Å². The number of hydrazone groups is 1. The highest BCUT2D eigenvalue weighted by molar-refractivity contribution is 6.09. The monoisotopic (exact) mass is 378 g/mol. The van der Waals surface area contributed by atoms with Crippen molar-refractivity contribution in [2.24, 2.45) is 22.4 Å². The van der Waals surface area contributed by atoms with Gasteiger partial charge in [0.1, 0.15) is 12.0 Å². The molecule has 0 fully saturated rings. The number of aliphatic carboxylic acids is 1. The van der Waals surface area contributed by atoms with Crippen molar-refractivity contribution in [2.45, 2.75) is 37.6 Å². The molecule has 8 N–H and O–H groups in total. The van der Waals surface area contributed by atoms with Crippen molar-refractivity contribution in [3.63, 3.8) is 0 Å². The number of nitrogens with one attached hydrogen (secondary N) is 1. The molecule has 1 aromatic rings. The average Bonchev–Trinajstić information content (AvgIpc) is 2.66. The summed E-state index contributed by atoms with van der Waals surface area (Å²) in [6, 6.07) is 3.11. The fourth-order valence-electron chi connectivity index (χ4n) is 2.53. The van der Waals surface area contributed by atoms with Crippen molar-refractivity contribution in [3.05, 3.63) is 29.6 Å². The van der Waals surface area contributed by atoms with Gasteiger partial charge in [-0.1, -0.05) is 12.5 Å². The Labute approximate surface area is 157 Å². The van der Waals surface area contributed by atoms with Crippen molar-refractivity contribution >= 4 is 23.9 Å². The molecule has 27 heavy (non-hydrogen) atoms. The zero-order valence-corrected chi connectivity index (χ0v) is 15.1. The first kappa shape index (κ1) is 22.2. The van der Waals surface area contributed by atoms with E-state index in [-0.39, 0.29) is 24.3 Å². The molecule has 0 aliphatic rings. The molecule has 0 aliphatic carbocycles. The molecule has 0 radical (unpaired) electrons. The summed E-state index contributed by atoms with van der Waals surface area (Å²) in [6.07, 6.45) is 5.03. The largest absolute Gasteiger partial charge is 0.480 e. The van der Waals surface area contributed by atoms with Crippen LogP contribution in [-0.2, 0) is 16.0 Å². The Morgan fingerprint density at radius 1 is 1.30 bits per heavy atom. The molecular weight excluding hydrogens is 352 g/mol. The number of pyridine rings is 1. The molecule has 0 aliphatic heterocycles. The van der Waals surface area contributed by atoms with Crippen LogP contribution in [0.5, 0.6) is 0 Å². The van der Waals surface area contributed by atoms with Gasteiger partial charge in [0.05, 0.1) is 6.54 Å². The minimum Gasteiger partial charge on any atom is -0.480 e. The maximum atomic E-state index is 12.5. The molecule has 0 saturated carbocycles. The number of rotatable bonds is 13. The first-order chi connectivity index (χ1) is 12.9. The molecule has 0 saturated heterocycles. The number of hydrogen-bond acceptors (Lipinski definition) is 8. The van der Waals surface area contributed by atoms with Gasteiger partial charge in [-0.25, -0.2) is 4.79 Å². The lowest BCUT2D eigenvalue weighted by Crippen LogP contribution is -2.58. The van der Waals surface area contributed by atoms with Crippen molar-refractivity contribution < 1.29 is 19.5 Å². The van der Waals surface area contributed by atoms with E-state index in [1.807, 2.05) is 0 Å². The Morgan fingerprint density at radius 3 is 2.67 bits per heavy atom. The molecule has 0 aromatic carbocycles. The van der Waals surface area contributed by atoms with E-state index in [4.69, 9.17) is 17.3 Å². The number of hydrogen-bond donors (Lipinski definition) is 5. The zero-order valence-electron chi connectivity index (χ0n) is 15.1. The number of Topliss-reactive ketones (excluding diaryl/α,β-unsaturated/α-hetero) is 2. The van der Waals surface area contributed by atoms with Gasteiger partial charge in [-0.05, 0) is 24.5 Å². The van der Waals surface area contributed by atoms with Crippen molar-refractivity contribution in [3.8, 4) is 0 Å². The summed E-state index contributed by atoms with van der Waals surface area (Å²) in [5, 5.41) is 15.6. The number of unbranched alkanes of at least 4 members (excludes halogenated alkanes) is 2. The predicted octanol–water partition coefficient (Wildman–Crippen LogP) is -0.831. The van der Waals surface area contributed by atoms with Gasteiger partial charge in [0.15, 0.2) is 17.1 Å².